The largest absolute Gasteiger partial charge is 0.313 e. The third-order valence-corrected chi connectivity index (χ3v) is 11.9. The molecule has 162 valence electrons. The molecule has 0 spiro atoms. The van der Waals surface area contributed by atoms with Crippen LogP contribution in [0.2, 0.25) is 0 Å². The molecule has 0 aromatic heterocycles. The second-order valence-corrected chi connectivity index (χ2v) is 13.3. The lowest BCUT2D eigenvalue weighted by atomic mass is 10.2. The molecule has 3 aromatic rings. The van der Waals surface area contributed by atoms with Gasteiger partial charge >= 0.3 is 0 Å². The molecule has 1 aliphatic carbocycles. The lowest BCUT2D eigenvalue weighted by molar-refractivity contribution is 0.672. The summed E-state index contributed by atoms with van der Waals surface area (Å²) in [6.45, 7) is 1.12. The molecule has 32 heavy (non-hydrogen) atoms. The molecule has 0 amide bonds. The molecular weight excluding hydrogens is 424 g/mol. The summed E-state index contributed by atoms with van der Waals surface area (Å²) < 4.78 is 0. The third-order valence-electron chi connectivity index (χ3n) is 6.39. The normalized spacial score (nSPS) is 21.5. The molecule has 0 bridgehead atoms. The fourth-order valence-electron chi connectivity index (χ4n) is 4.87. The van der Waals surface area contributed by atoms with Gasteiger partial charge in [0.25, 0.3) is 0 Å². The van der Waals surface area contributed by atoms with Crippen molar-refractivity contribution in [1.82, 2.24) is 5.32 Å². The molecule has 0 saturated carbocycles. The first-order chi connectivity index (χ1) is 15.9. The molecule has 3 aromatic carbocycles. The Morgan fingerprint density at radius 2 is 1.31 bits per heavy atom. The van der Waals surface area contributed by atoms with E-state index >= 15 is 0 Å². The summed E-state index contributed by atoms with van der Waals surface area (Å²) in [6, 6.07) is 34.2. The molecule has 3 atom stereocenters. The van der Waals surface area contributed by atoms with Crippen molar-refractivity contribution in [3.8, 4) is 0 Å². The van der Waals surface area contributed by atoms with Gasteiger partial charge in [-0.3, -0.25) is 0 Å². The topological polar surface area (TPSA) is 12.0 Å². The van der Waals surface area contributed by atoms with E-state index in [1.807, 2.05) is 0 Å². The summed E-state index contributed by atoms with van der Waals surface area (Å²) in [4.78, 5) is 0. The minimum absolute atomic E-state index is 0.313. The average molecular weight is 456 g/mol. The van der Waals surface area contributed by atoms with Crippen LogP contribution in [0.3, 0.4) is 0 Å². The highest BCUT2D eigenvalue weighted by Gasteiger charge is 2.34. The molecule has 3 heteroatoms. The van der Waals surface area contributed by atoms with E-state index in [1.165, 1.54) is 41.3 Å². The maximum absolute atomic E-state index is 3.95. The van der Waals surface area contributed by atoms with Gasteiger partial charge in [0.05, 0.1) is 0 Å². The van der Waals surface area contributed by atoms with E-state index in [4.69, 9.17) is 0 Å². The highest BCUT2D eigenvalue weighted by Crippen LogP contribution is 2.49. The zero-order valence-electron chi connectivity index (χ0n) is 18.5. The van der Waals surface area contributed by atoms with Crippen molar-refractivity contribution in [2.45, 2.75) is 31.0 Å². The molecular formula is C29H31NP2. The zero-order valence-corrected chi connectivity index (χ0v) is 20.3. The van der Waals surface area contributed by atoms with Crippen molar-refractivity contribution < 1.29 is 0 Å². The van der Waals surface area contributed by atoms with Gasteiger partial charge in [0, 0.05) is 18.2 Å². The van der Waals surface area contributed by atoms with Crippen LogP contribution in [0.5, 0.6) is 0 Å². The third kappa shape index (κ3) is 5.13. The van der Waals surface area contributed by atoms with Crippen LogP contribution in [0.25, 0.3) is 0 Å². The summed E-state index contributed by atoms with van der Waals surface area (Å²) in [6.07, 6.45) is 12.1. The molecule has 1 heterocycles. The minimum atomic E-state index is -0.356. The first-order valence-electron chi connectivity index (χ1n) is 11.7. The summed E-state index contributed by atoms with van der Waals surface area (Å²) in [7, 11) is -0.669. The fraction of sp³-hybridized carbons (Fsp3) is 0.241. The smallest absolute Gasteiger partial charge is 0.0119 e. The second-order valence-electron chi connectivity index (χ2n) is 8.59. The van der Waals surface area contributed by atoms with E-state index in [0.29, 0.717) is 11.7 Å². The summed E-state index contributed by atoms with van der Waals surface area (Å²) in [5.41, 5.74) is 0.684. The quantitative estimate of drug-likeness (QED) is 0.438. The van der Waals surface area contributed by atoms with E-state index in [-0.39, 0.29) is 15.8 Å². The van der Waals surface area contributed by atoms with Crippen molar-refractivity contribution in [2.24, 2.45) is 0 Å². The Morgan fingerprint density at radius 1 is 0.719 bits per heavy atom. The molecule has 1 saturated heterocycles. The van der Waals surface area contributed by atoms with Crippen LogP contribution in [0.4, 0.5) is 0 Å². The number of nitrogens with one attached hydrogen (secondary N) is 1. The maximum atomic E-state index is 3.95. The number of allylic oxidation sites excluding steroid dienone is 4. The van der Waals surface area contributed by atoms with Crippen LogP contribution in [-0.2, 0) is 0 Å². The van der Waals surface area contributed by atoms with Gasteiger partial charge in [-0.05, 0) is 62.5 Å². The number of hydrogen-bond acceptors (Lipinski definition) is 1. The number of rotatable bonds is 7. The highest BCUT2D eigenvalue weighted by molar-refractivity contribution is 7.73. The molecule has 2 aliphatic rings. The first-order valence-corrected chi connectivity index (χ1v) is 14.6. The standard InChI is InChI=1S/C29H31NP2/c1-5-13-25(14-6-1)31(26-15-7-2-8-16-26)23-24-21-29(22-30-24)32(27-17-9-3-10-18-27)28-19-11-4-12-20-28/h1,3-7,9-20,24,29-30H,2,8,21-23H2/t24-,29-,31?/m0/s1. The van der Waals surface area contributed by atoms with Gasteiger partial charge in [0.1, 0.15) is 0 Å². The zero-order chi connectivity index (χ0) is 21.6. The molecule has 1 aliphatic heterocycles. The Hall–Kier alpha value is -2.04. The Bertz CT molecular complexity index is 1010. The van der Waals surface area contributed by atoms with Gasteiger partial charge in [0.15, 0.2) is 0 Å². The van der Waals surface area contributed by atoms with E-state index in [9.17, 15) is 0 Å². The van der Waals surface area contributed by atoms with Gasteiger partial charge in [-0.2, -0.15) is 0 Å². The molecule has 1 N–H and O–H groups in total. The molecule has 0 radical (unpaired) electrons. The van der Waals surface area contributed by atoms with Crippen LogP contribution in [0, 0.1) is 0 Å². The van der Waals surface area contributed by atoms with Gasteiger partial charge in [-0.1, -0.05) is 109 Å². The Labute approximate surface area is 195 Å². The van der Waals surface area contributed by atoms with Crippen molar-refractivity contribution in [1.29, 1.82) is 0 Å². The van der Waals surface area contributed by atoms with Crippen LogP contribution in [-0.4, -0.2) is 24.4 Å². The van der Waals surface area contributed by atoms with Crippen LogP contribution in [0.15, 0.2) is 115 Å². The Morgan fingerprint density at radius 3 is 1.88 bits per heavy atom. The van der Waals surface area contributed by atoms with Gasteiger partial charge < -0.3 is 5.32 Å². The van der Waals surface area contributed by atoms with Crippen molar-refractivity contribution in [3.63, 3.8) is 0 Å². The molecule has 1 unspecified atom stereocenters. The highest BCUT2D eigenvalue weighted by atomic mass is 31.1. The predicted molar refractivity (Wildman–Crippen MR) is 144 cm³/mol. The van der Waals surface area contributed by atoms with E-state index in [0.717, 1.165) is 6.54 Å². The summed E-state index contributed by atoms with van der Waals surface area (Å²) in [5, 5.41) is 10.0. The monoisotopic (exact) mass is 455 g/mol. The van der Waals surface area contributed by atoms with E-state index < -0.39 is 0 Å². The molecule has 5 rings (SSSR count). The van der Waals surface area contributed by atoms with Gasteiger partial charge in [-0.15, -0.1) is 0 Å². The van der Waals surface area contributed by atoms with Crippen molar-refractivity contribution in [2.75, 3.05) is 12.7 Å². The van der Waals surface area contributed by atoms with Gasteiger partial charge in [-0.25, -0.2) is 0 Å². The minimum Gasteiger partial charge on any atom is -0.313 e. The molecule has 1 fully saturated rings. The van der Waals surface area contributed by atoms with Crippen LogP contribution in [0.1, 0.15) is 19.3 Å². The number of hydrogen-bond donors (Lipinski definition) is 1. The summed E-state index contributed by atoms with van der Waals surface area (Å²) in [5.74, 6) is 0. The lowest BCUT2D eigenvalue weighted by Crippen LogP contribution is -2.26. The van der Waals surface area contributed by atoms with E-state index in [1.54, 1.807) is 5.31 Å². The van der Waals surface area contributed by atoms with Crippen LogP contribution < -0.4 is 21.2 Å². The summed E-state index contributed by atoms with van der Waals surface area (Å²) >= 11 is 0. The fourth-order valence-corrected chi connectivity index (χ4v) is 10.4. The first kappa shape index (κ1) is 21.8. The predicted octanol–water partition coefficient (Wildman–Crippen LogP) is 5.89. The SMILES string of the molecule is C1=CC(P(C[C@@H]2C[C@H](P(c3ccccc3)c3ccccc3)CN2)c2ccccc2)=CCC1. The molecule has 1 nitrogen and oxygen atoms in total. The maximum Gasteiger partial charge on any atom is 0.0119 e. The van der Waals surface area contributed by atoms with Crippen molar-refractivity contribution in [3.05, 3.63) is 115 Å². The van der Waals surface area contributed by atoms with Crippen molar-refractivity contribution >= 4 is 31.8 Å². The number of benzene rings is 3. The van der Waals surface area contributed by atoms with Gasteiger partial charge in [0.2, 0.25) is 0 Å². The second kappa shape index (κ2) is 10.7. The average Bonchev–Trinajstić information content (AvgIpc) is 3.33. The Balaban J connectivity index is 1.37. The van der Waals surface area contributed by atoms with Crippen LogP contribution >= 0.6 is 15.8 Å². The Kier molecular flexibility index (Phi) is 7.30. The lowest BCUT2D eigenvalue weighted by Gasteiger charge is -2.26. The van der Waals surface area contributed by atoms with E-state index in [2.05, 4.69) is 115 Å².